The Bertz CT molecular complexity index is 292. The summed E-state index contributed by atoms with van der Waals surface area (Å²) in [6, 6.07) is 5.28. The molecule has 0 aliphatic carbocycles. The predicted octanol–water partition coefficient (Wildman–Crippen LogP) is 2.12. The molecule has 0 heterocycles. The number of aldehydes is 1. The number of carbonyl (C=O) groups excluding carboxylic acids is 1. The van der Waals surface area contributed by atoms with Crippen molar-refractivity contribution >= 4 is 6.26 Å². The van der Waals surface area contributed by atoms with E-state index in [0.717, 1.165) is 11.1 Å². The molecular weight excluding hydrogens is 124 g/mol. The molecular formula is C9H10O. The molecule has 0 unspecified atom stereocenters. The molecule has 1 aromatic carbocycles. The maximum Gasteiger partial charge on any atom is 0.150 e. The summed E-state index contributed by atoms with van der Waals surface area (Å²) < 4.78 is 6.85. The molecule has 0 atom stereocenters. The van der Waals surface area contributed by atoms with Gasteiger partial charge in [0.15, 0.2) is 0 Å². The van der Waals surface area contributed by atoms with Crippen LogP contribution in [0.2, 0.25) is 0 Å². The first-order valence-electron chi connectivity index (χ1n) is 3.69. The zero-order valence-electron chi connectivity index (χ0n) is 7.14. The first kappa shape index (κ1) is 5.66. The highest BCUT2D eigenvalue weighted by Crippen LogP contribution is 2.07. The molecule has 0 aliphatic rings. The fourth-order valence-corrected chi connectivity index (χ4v) is 0.805. The van der Waals surface area contributed by atoms with Gasteiger partial charge in [0.05, 0.1) is 0 Å². The minimum absolute atomic E-state index is 0.466. The van der Waals surface area contributed by atoms with Crippen LogP contribution in [-0.2, 0) is 0 Å². The second kappa shape index (κ2) is 2.65. The van der Waals surface area contributed by atoms with Gasteiger partial charge in [-0.3, -0.25) is 4.79 Å². The van der Waals surface area contributed by atoms with Crippen LogP contribution in [-0.4, -0.2) is 6.26 Å². The van der Waals surface area contributed by atoms with E-state index in [1.807, 2.05) is 19.9 Å². The van der Waals surface area contributed by atoms with Gasteiger partial charge in [0, 0.05) is 5.56 Å². The van der Waals surface area contributed by atoms with Crippen LogP contribution < -0.4 is 0 Å². The summed E-state index contributed by atoms with van der Waals surface area (Å²) in [5.74, 6) is 0. The molecule has 0 saturated heterocycles. The van der Waals surface area contributed by atoms with Gasteiger partial charge in [0.1, 0.15) is 7.63 Å². The Morgan fingerprint density at radius 1 is 1.40 bits per heavy atom. The molecule has 0 spiro atoms. The van der Waals surface area contributed by atoms with Crippen molar-refractivity contribution in [1.82, 2.24) is 0 Å². The molecule has 0 bridgehead atoms. The Kier molecular flexibility index (Phi) is 1.50. The first-order valence-corrected chi connectivity index (χ1v) is 3.19. The van der Waals surface area contributed by atoms with E-state index < -0.39 is 6.26 Å². The third-order valence-corrected chi connectivity index (χ3v) is 1.62. The summed E-state index contributed by atoms with van der Waals surface area (Å²) in [5, 5.41) is 0. The lowest BCUT2D eigenvalue weighted by molar-refractivity contribution is 0.112. The van der Waals surface area contributed by atoms with E-state index in [-0.39, 0.29) is 0 Å². The fourth-order valence-electron chi connectivity index (χ4n) is 0.805. The zero-order chi connectivity index (χ0) is 8.43. The first-order chi connectivity index (χ1) is 5.11. The van der Waals surface area contributed by atoms with Gasteiger partial charge < -0.3 is 0 Å². The summed E-state index contributed by atoms with van der Waals surface area (Å²) in [6.45, 7) is 3.91. The second-order valence-electron chi connectivity index (χ2n) is 2.40. The minimum Gasteiger partial charge on any atom is -0.298 e. The summed E-state index contributed by atoms with van der Waals surface area (Å²) in [7, 11) is 0. The molecule has 0 fully saturated rings. The van der Waals surface area contributed by atoms with E-state index in [0.29, 0.717) is 5.56 Å². The quantitative estimate of drug-likeness (QED) is 0.539. The van der Waals surface area contributed by atoms with E-state index in [1.165, 1.54) is 0 Å². The average Bonchev–Trinajstić information content (AvgIpc) is 1.94. The molecule has 52 valence electrons. The van der Waals surface area contributed by atoms with Crippen LogP contribution in [0.1, 0.15) is 22.9 Å². The Morgan fingerprint density at radius 2 is 2.10 bits per heavy atom. The van der Waals surface area contributed by atoms with Crippen LogP contribution in [0.3, 0.4) is 0 Å². The highest BCUT2D eigenvalue weighted by atomic mass is 16.1. The van der Waals surface area contributed by atoms with Gasteiger partial charge in [-0.15, -0.1) is 0 Å². The highest BCUT2D eigenvalue weighted by Gasteiger charge is 1.92. The number of benzene rings is 1. The molecule has 1 rings (SSSR count). The SMILES string of the molecule is [2H]C(=O)c1ccc(C)c(C)c1. The monoisotopic (exact) mass is 135 g/mol. The molecule has 0 amide bonds. The maximum absolute atomic E-state index is 10.6. The Hall–Kier alpha value is -1.11. The lowest BCUT2D eigenvalue weighted by Crippen LogP contribution is -1.84. The third kappa shape index (κ3) is 1.24. The van der Waals surface area contributed by atoms with Crippen molar-refractivity contribution in [1.29, 1.82) is 0 Å². The molecule has 0 N–H and O–H groups in total. The molecule has 0 aliphatic heterocycles. The van der Waals surface area contributed by atoms with Crippen molar-refractivity contribution in [3.8, 4) is 0 Å². The molecule has 0 saturated carbocycles. The summed E-state index contributed by atoms with van der Waals surface area (Å²) in [6.07, 6.45) is -0.617. The van der Waals surface area contributed by atoms with Crippen LogP contribution >= 0.6 is 0 Å². The van der Waals surface area contributed by atoms with Crippen molar-refractivity contribution in [2.24, 2.45) is 0 Å². The van der Waals surface area contributed by atoms with Crippen molar-refractivity contribution in [2.75, 3.05) is 0 Å². The van der Waals surface area contributed by atoms with E-state index in [4.69, 9.17) is 1.37 Å². The van der Waals surface area contributed by atoms with Crippen molar-refractivity contribution < 1.29 is 6.17 Å². The Labute approximate surface area is 62.1 Å². The van der Waals surface area contributed by atoms with Crippen LogP contribution in [0.15, 0.2) is 18.2 Å². The lowest BCUT2D eigenvalue weighted by atomic mass is 10.1. The average molecular weight is 135 g/mol. The standard InChI is InChI=1S/C9H10O/c1-7-3-4-9(6-10)5-8(7)2/h3-6H,1-2H3/i6D. The van der Waals surface area contributed by atoms with Gasteiger partial charge in [-0.1, -0.05) is 12.1 Å². The summed E-state index contributed by atoms with van der Waals surface area (Å²) in [4.78, 5) is 10.6. The third-order valence-electron chi connectivity index (χ3n) is 1.62. The van der Waals surface area contributed by atoms with E-state index >= 15 is 0 Å². The van der Waals surface area contributed by atoms with Crippen LogP contribution in [0.4, 0.5) is 0 Å². The van der Waals surface area contributed by atoms with E-state index in [1.54, 1.807) is 12.1 Å². The smallest absolute Gasteiger partial charge is 0.150 e. The van der Waals surface area contributed by atoms with Gasteiger partial charge in [-0.2, -0.15) is 0 Å². The summed E-state index contributed by atoms with van der Waals surface area (Å²) in [5.41, 5.74) is 2.67. The number of aryl methyl sites for hydroxylation is 2. The molecule has 10 heavy (non-hydrogen) atoms. The zero-order valence-corrected chi connectivity index (χ0v) is 6.14. The van der Waals surface area contributed by atoms with Gasteiger partial charge >= 0.3 is 0 Å². The molecule has 1 aromatic rings. The molecule has 1 heteroatoms. The topological polar surface area (TPSA) is 17.1 Å². The van der Waals surface area contributed by atoms with Crippen LogP contribution in [0, 0.1) is 13.8 Å². The van der Waals surface area contributed by atoms with Crippen LogP contribution in [0.25, 0.3) is 0 Å². The number of hydrogen-bond acceptors (Lipinski definition) is 1. The van der Waals surface area contributed by atoms with Gasteiger partial charge in [0.2, 0.25) is 0 Å². The Balaban J connectivity index is 3.15. The Morgan fingerprint density at radius 3 is 2.60 bits per heavy atom. The van der Waals surface area contributed by atoms with Crippen LogP contribution in [0.5, 0.6) is 0 Å². The number of carbonyl (C=O) groups is 1. The summed E-state index contributed by atoms with van der Waals surface area (Å²) >= 11 is 0. The van der Waals surface area contributed by atoms with Gasteiger partial charge in [0.25, 0.3) is 0 Å². The minimum atomic E-state index is -0.617. The second-order valence-corrected chi connectivity index (χ2v) is 2.40. The molecule has 0 aromatic heterocycles. The lowest BCUT2D eigenvalue weighted by Gasteiger charge is -1.97. The molecule has 1 nitrogen and oxygen atoms in total. The highest BCUT2D eigenvalue weighted by molar-refractivity contribution is 5.75. The van der Waals surface area contributed by atoms with Gasteiger partial charge in [-0.25, -0.2) is 0 Å². The van der Waals surface area contributed by atoms with Crippen molar-refractivity contribution in [3.05, 3.63) is 34.9 Å². The maximum atomic E-state index is 10.6. The normalized spacial score (nSPS) is 10.8. The predicted molar refractivity (Wildman–Crippen MR) is 41.3 cm³/mol. The number of rotatable bonds is 1. The van der Waals surface area contributed by atoms with E-state index in [2.05, 4.69) is 0 Å². The van der Waals surface area contributed by atoms with Crippen molar-refractivity contribution in [3.63, 3.8) is 0 Å². The fraction of sp³-hybridized carbons (Fsp3) is 0.222. The largest absolute Gasteiger partial charge is 0.298 e. The van der Waals surface area contributed by atoms with Crippen molar-refractivity contribution in [2.45, 2.75) is 13.8 Å². The van der Waals surface area contributed by atoms with E-state index in [9.17, 15) is 4.79 Å². The van der Waals surface area contributed by atoms with Gasteiger partial charge in [-0.05, 0) is 31.0 Å². The number of hydrogen-bond donors (Lipinski definition) is 0. The molecule has 0 radical (unpaired) electrons.